The number of anilines is 2. The molecule has 0 saturated heterocycles. The van der Waals surface area contributed by atoms with Crippen LogP contribution in [0.1, 0.15) is 11.3 Å². The van der Waals surface area contributed by atoms with Crippen LogP contribution in [0.25, 0.3) is 0 Å². The number of carbonyl (C=O) groups is 1. The zero-order chi connectivity index (χ0) is 13.8. The number of aromatic nitrogens is 1. The molecule has 100 valence electrons. The van der Waals surface area contributed by atoms with E-state index >= 15 is 0 Å². The lowest BCUT2D eigenvalue weighted by Crippen LogP contribution is -2.04. The van der Waals surface area contributed by atoms with Gasteiger partial charge in [-0.2, -0.15) is 0 Å². The minimum absolute atomic E-state index is 0.184. The van der Waals surface area contributed by atoms with Crippen LogP contribution in [0.3, 0.4) is 0 Å². The van der Waals surface area contributed by atoms with E-state index < -0.39 is 0 Å². The van der Waals surface area contributed by atoms with Crippen molar-refractivity contribution in [2.75, 3.05) is 12.4 Å². The van der Waals surface area contributed by atoms with E-state index in [1.165, 1.54) is 18.4 Å². The Balaban J connectivity index is 2.11. The van der Waals surface area contributed by atoms with E-state index in [1.807, 2.05) is 30.5 Å². The van der Waals surface area contributed by atoms with E-state index in [0.29, 0.717) is 10.7 Å². The van der Waals surface area contributed by atoms with Crippen LogP contribution in [0.15, 0.2) is 23.6 Å². The quantitative estimate of drug-likeness (QED) is 0.877. The zero-order valence-electron chi connectivity index (χ0n) is 10.6. The normalized spacial score (nSPS) is 10.3. The third kappa shape index (κ3) is 3.45. The molecule has 4 nitrogen and oxygen atoms in total. The number of hydrogen-bond donors (Lipinski definition) is 1. The fraction of sp³-hybridized carbons (Fsp3) is 0.231. The third-order valence-corrected chi connectivity index (χ3v) is 3.83. The van der Waals surface area contributed by atoms with Gasteiger partial charge in [0.25, 0.3) is 0 Å². The van der Waals surface area contributed by atoms with Crippen molar-refractivity contribution in [3.8, 4) is 0 Å². The maximum atomic E-state index is 11.2. The highest BCUT2D eigenvalue weighted by Gasteiger charge is 2.09. The lowest BCUT2D eigenvalue weighted by atomic mass is 10.2. The monoisotopic (exact) mass is 296 g/mol. The SMILES string of the molecule is COC(=O)Cc1csc(Nc2cccc(Cl)c2C)n1. The summed E-state index contributed by atoms with van der Waals surface area (Å²) in [5, 5.41) is 6.46. The van der Waals surface area contributed by atoms with Crippen LogP contribution in [0, 0.1) is 6.92 Å². The van der Waals surface area contributed by atoms with Crippen LogP contribution in [-0.4, -0.2) is 18.1 Å². The van der Waals surface area contributed by atoms with Crippen LogP contribution >= 0.6 is 22.9 Å². The Labute approximate surface area is 120 Å². The van der Waals surface area contributed by atoms with Gasteiger partial charge in [0.05, 0.1) is 19.2 Å². The van der Waals surface area contributed by atoms with Gasteiger partial charge in [0, 0.05) is 16.1 Å². The van der Waals surface area contributed by atoms with Gasteiger partial charge < -0.3 is 10.1 Å². The molecule has 0 radical (unpaired) electrons. The molecule has 0 aliphatic rings. The minimum Gasteiger partial charge on any atom is -0.469 e. The molecule has 0 bridgehead atoms. The first-order valence-corrected chi connectivity index (χ1v) is 6.89. The Morgan fingerprint density at radius 3 is 3.05 bits per heavy atom. The van der Waals surface area contributed by atoms with Crippen LogP contribution in [0.5, 0.6) is 0 Å². The average Bonchev–Trinajstić information content (AvgIpc) is 2.82. The number of halogens is 1. The van der Waals surface area contributed by atoms with Gasteiger partial charge in [-0.05, 0) is 24.6 Å². The van der Waals surface area contributed by atoms with Crippen molar-refractivity contribution in [3.63, 3.8) is 0 Å². The van der Waals surface area contributed by atoms with Crippen molar-refractivity contribution < 1.29 is 9.53 Å². The Hall–Kier alpha value is -1.59. The fourth-order valence-electron chi connectivity index (χ4n) is 1.52. The molecule has 0 unspecified atom stereocenters. The van der Waals surface area contributed by atoms with Crippen molar-refractivity contribution in [2.45, 2.75) is 13.3 Å². The highest BCUT2D eigenvalue weighted by atomic mass is 35.5. The second-order valence-corrected chi connectivity index (χ2v) is 5.20. The molecule has 2 rings (SSSR count). The van der Waals surface area contributed by atoms with Gasteiger partial charge in [-0.25, -0.2) is 4.98 Å². The molecule has 0 saturated carbocycles. The van der Waals surface area contributed by atoms with Crippen molar-refractivity contribution in [3.05, 3.63) is 39.9 Å². The summed E-state index contributed by atoms with van der Waals surface area (Å²) in [5.74, 6) is -0.296. The molecule has 6 heteroatoms. The van der Waals surface area contributed by atoms with Crippen LogP contribution in [-0.2, 0) is 16.0 Å². The van der Waals surface area contributed by atoms with E-state index in [1.54, 1.807) is 0 Å². The molecule has 1 aromatic carbocycles. The van der Waals surface area contributed by atoms with Crippen LogP contribution in [0.2, 0.25) is 5.02 Å². The molecule has 0 aliphatic heterocycles. The Bertz CT molecular complexity index is 598. The highest BCUT2D eigenvalue weighted by Crippen LogP contribution is 2.27. The van der Waals surface area contributed by atoms with E-state index in [-0.39, 0.29) is 12.4 Å². The summed E-state index contributed by atoms with van der Waals surface area (Å²) in [6.45, 7) is 1.94. The fourth-order valence-corrected chi connectivity index (χ4v) is 2.42. The van der Waals surface area contributed by atoms with Gasteiger partial charge >= 0.3 is 5.97 Å². The summed E-state index contributed by atoms with van der Waals surface area (Å²) in [5.41, 5.74) is 2.57. The van der Waals surface area contributed by atoms with Gasteiger partial charge in [-0.15, -0.1) is 11.3 Å². The van der Waals surface area contributed by atoms with E-state index in [0.717, 1.165) is 16.4 Å². The number of ether oxygens (including phenoxy) is 1. The van der Waals surface area contributed by atoms with Crippen molar-refractivity contribution in [2.24, 2.45) is 0 Å². The lowest BCUT2D eigenvalue weighted by molar-refractivity contribution is -0.139. The molecule has 1 heterocycles. The first-order valence-electron chi connectivity index (χ1n) is 5.63. The second-order valence-electron chi connectivity index (χ2n) is 3.93. The predicted octanol–water partition coefficient (Wildman–Crippen LogP) is 3.56. The zero-order valence-corrected chi connectivity index (χ0v) is 12.1. The van der Waals surface area contributed by atoms with Gasteiger partial charge in [0.2, 0.25) is 0 Å². The minimum atomic E-state index is -0.296. The number of esters is 1. The van der Waals surface area contributed by atoms with Crippen molar-refractivity contribution in [1.29, 1.82) is 0 Å². The Kier molecular flexibility index (Phi) is 4.39. The Morgan fingerprint density at radius 2 is 2.32 bits per heavy atom. The summed E-state index contributed by atoms with van der Waals surface area (Å²) in [7, 11) is 1.36. The maximum Gasteiger partial charge on any atom is 0.311 e. The van der Waals surface area contributed by atoms with Gasteiger partial charge in [0.15, 0.2) is 5.13 Å². The average molecular weight is 297 g/mol. The summed E-state index contributed by atoms with van der Waals surface area (Å²) in [4.78, 5) is 15.5. The third-order valence-electron chi connectivity index (χ3n) is 2.61. The highest BCUT2D eigenvalue weighted by molar-refractivity contribution is 7.13. The van der Waals surface area contributed by atoms with Crippen molar-refractivity contribution >= 4 is 39.7 Å². The largest absolute Gasteiger partial charge is 0.469 e. The maximum absolute atomic E-state index is 11.2. The molecule has 0 atom stereocenters. The number of nitrogens with zero attached hydrogens (tertiary/aromatic N) is 1. The number of rotatable bonds is 4. The van der Waals surface area contributed by atoms with Gasteiger partial charge in [-0.3, -0.25) is 4.79 Å². The predicted molar refractivity (Wildman–Crippen MR) is 77.3 cm³/mol. The van der Waals surface area contributed by atoms with Gasteiger partial charge in [-0.1, -0.05) is 17.7 Å². The smallest absolute Gasteiger partial charge is 0.311 e. The summed E-state index contributed by atoms with van der Waals surface area (Å²) >= 11 is 7.49. The summed E-state index contributed by atoms with van der Waals surface area (Å²) in [6, 6.07) is 5.65. The second kappa shape index (κ2) is 6.04. The van der Waals surface area contributed by atoms with Crippen LogP contribution in [0.4, 0.5) is 10.8 Å². The summed E-state index contributed by atoms with van der Waals surface area (Å²) in [6.07, 6.45) is 0.184. The molecule has 0 fully saturated rings. The molecular formula is C13H13ClN2O2S. The lowest BCUT2D eigenvalue weighted by Gasteiger charge is -2.07. The molecule has 1 N–H and O–H groups in total. The number of hydrogen-bond acceptors (Lipinski definition) is 5. The molecular weight excluding hydrogens is 284 g/mol. The first kappa shape index (κ1) is 13.8. The first-order chi connectivity index (χ1) is 9.10. The number of carbonyl (C=O) groups excluding carboxylic acids is 1. The number of nitrogens with one attached hydrogen (secondary N) is 1. The molecule has 1 aromatic heterocycles. The summed E-state index contributed by atoms with van der Waals surface area (Å²) < 4.78 is 4.60. The Morgan fingerprint density at radius 1 is 1.53 bits per heavy atom. The number of thiazole rings is 1. The standard InChI is InChI=1S/C13H13ClN2O2S/c1-8-10(14)4-3-5-11(8)16-13-15-9(7-19-13)6-12(17)18-2/h3-5,7H,6H2,1-2H3,(H,15,16). The molecule has 19 heavy (non-hydrogen) atoms. The molecule has 0 amide bonds. The molecule has 0 spiro atoms. The van der Waals surface area contributed by atoms with E-state index in [2.05, 4.69) is 15.0 Å². The number of benzene rings is 1. The molecule has 2 aromatic rings. The number of methoxy groups -OCH3 is 1. The van der Waals surface area contributed by atoms with E-state index in [4.69, 9.17) is 11.6 Å². The van der Waals surface area contributed by atoms with Crippen LogP contribution < -0.4 is 5.32 Å². The van der Waals surface area contributed by atoms with E-state index in [9.17, 15) is 4.79 Å². The molecule has 0 aliphatic carbocycles. The topological polar surface area (TPSA) is 51.2 Å². The van der Waals surface area contributed by atoms with Gasteiger partial charge in [0.1, 0.15) is 0 Å². The van der Waals surface area contributed by atoms with Crippen molar-refractivity contribution in [1.82, 2.24) is 4.98 Å².